The molecule has 0 bridgehead atoms. The molecule has 0 N–H and O–H groups in total. The molecular weight excluding hydrogens is 388 g/mol. The van der Waals surface area contributed by atoms with Crippen LogP contribution in [0, 0.1) is 11.3 Å². The zero-order chi connectivity index (χ0) is 23.4. The van der Waals surface area contributed by atoms with Crippen LogP contribution in [-0.2, 0) is 19.1 Å². The Hall–Kier alpha value is -1.06. The summed E-state index contributed by atoms with van der Waals surface area (Å²) in [5, 5.41) is 0. The van der Waals surface area contributed by atoms with Crippen LogP contribution in [0.4, 0.5) is 0 Å². The number of unbranched alkanes of at least 4 members (excludes halogenated alkanes) is 12. The minimum Gasteiger partial charge on any atom is -0.465 e. The number of hydrogen-bond donors (Lipinski definition) is 0. The summed E-state index contributed by atoms with van der Waals surface area (Å²) in [4.78, 5) is 24.2. The maximum absolute atomic E-state index is 12.1. The predicted octanol–water partition coefficient (Wildman–Crippen LogP) is 8.02. The van der Waals surface area contributed by atoms with Gasteiger partial charge in [-0.05, 0) is 18.3 Å². The van der Waals surface area contributed by atoms with Crippen molar-refractivity contribution in [2.75, 3.05) is 13.2 Å². The second kappa shape index (κ2) is 19.6. The molecule has 0 rings (SSSR count). The van der Waals surface area contributed by atoms with Crippen LogP contribution in [0.3, 0.4) is 0 Å². The van der Waals surface area contributed by atoms with Crippen LogP contribution >= 0.6 is 0 Å². The molecule has 0 saturated heterocycles. The zero-order valence-electron chi connectivity index (χ0n) is 21.4. The number of ether oxygens (including phenoxy) is 2. The lowest BCUT2D eigenvalue weighted by Crippen LogP contribution is -2.31. The molecule has 0 spiro atoms. The highest BCUT2D eigenvalue weighted by atomic mass is 16.5. The Bertz CT molecular complexity index is 405. The minimum absolute atomic E-state index is 0.0171. The number of esters is 2. The molecule has 4 nitrogen and oxygen atoms in total. The molecular formula is C27H52O4. The summed E-state index contributed by atoms with van der Waals surface area (Å²) in [6.45, 7) is 11.4. The van der Waals surface area contributed by atoms with E-state index in [1.54, 1.807) is 0 Å². The zero-order valence-corrected chi connectivity index (χ0v) is 21.4. The fourth-order valence-corrected chi connectivity index (χ4v) is 3.53. The van der Waals surface area contributed by atoms with E-state index >= 15 is 0 Å². The molecule has 0 radical (unpaired) electrons. The molecule has 31 heavy (non-hydrogen) atoms. The quantitative estimate of drug-likeness (QED) is 0.142. The van der Waals surface area contributed by atoms with Gasteiger partial charge in [0.05, 0.1) is 13.2 Å². The lowest BCUT2D eigenvalue weighted by Gasteiger charge is -2.29. The number of rotatable bonds is 20. The van der Waals surface area contributed by atoms with Gasteiger partial charge in [-0.1, -0.05) is 112 Å². The summed E-state index contributed by atoms with van der Waals surface area (Å²) in [5.74, 6) is -0.238. The molecule has 0 aromatic carbocycles. The largest absolute Gasteiger partial charge is 0.465 e. The number of carbonyl (C=O) groups excluding carboxylic acids is 2. The van der Waals surface area contributed by atoms with Gasteiger partial charge >= 0.3 is 11.9 Å². The van der Waals surface area contributed by atoms with Gasteiger partial charge in [-0.3, -0.25) is 9.59 Å². The Labute approximate surface area is 193 Å². The fourth-order valence-electron chi connectivity index (χ4n) is 3.53. The van der Waals surface area contributed by atoms with Gasteiger partial charge < -0.3 is 9.47 Å². The summed E-state index contributed by atoms with van der Waals surface area (Å²) in [6.07, 6.45) is 17.6. The smallest absolute Gasteiger partial charge is 0.305 e. The van der Waals surface area contributed by atoms with E-state index in [9.17, 15) is 9.59 Å². The van der Waals surface area contributed by atoms with E-state index in [4.69, 9.17) is 9.47 Å². The van der Waals surface area contributed by atoms with Gasteiger partial charge in [-0.2, -0.15) is 0 Å². The van der Waals surface area contributed by atoms with Crippen molar-refractivity contribution in [1.82, 2.24) is 0 Å². The molecule has 0 saturated carbocycles. The van der Waals surface area contributed by atoms with Crippen LogP contribution in [0.15, 0.2) is 0 Å². The highest BCUT2D eigenvalue weighted by molar-refractivity contribution is 5.69. The molecule has 184 valence electrons. The maximum Gasteiger partial charge on any atom is 0.305 e. The molecule has 0 aromatic rings. The van der Waals surface area contributed by atoms with Crippen molar-refractivity contribution in [2.24, 2.45) is 11.3 Å². The topological polar surface area (TPSA) is 52.6 Å². The first kappa shape index (κ1) is 29.9. The normalized spacial score (nSPS) is 11.7. The molecule has 0 amide bonds. The lowest BCUT2D eigenvalue weighted by molar-refractivity contribution is -0.151. The van der Waals surface area contributed by atoms with Gasteiger partial charge in [0.15, 0.2) is 0 Å². The molecule has 0 fully saturated rings. The Morgan fingerprint density at radius 3 is 1.23 bits per heavy atom. The predicted molar refractivity (Wildman–Crippen MR) is 130 cm³/mol. The van der Waals surface area contributed by atoms with Gasteiger partial charge in [0.2, 0.25) is 0 Å². The van der Waals surface area contributed by atoms with E-state index in [0.29, 0.717) is 26.1 Å². The first-order valence-electron chi connectivity index (χ1n) is 13.1. The van der Waals surface area contributed by atoms with Crippen LogP contribution in [0.25, 0.3) is 0 Å². The maximum atomic E-state index is 12.1. The molecule has 0 aromatic heterocycles. The van der Waals surface area contributed by atoms with Crippen LogP contribution < -0.4 is 0 Å². The van der Waals surface area contributed by atoms with Crippen molar-refractivity contribution >= 4 is 11.9 Å². The summed E-state index contributed by atoms with van der Waals surface area (Å²) < 4.78 is 11.0. The van der Waals surface area contributed by atoms with E-state index in [1.165, 1.54) is 64.2 Å². The second-order valence-electron chi connectivity index (χ2n) is 10.2. The second-order valence-corrected chi connectivity index (χ2v) is 10.2. The first-order chi connectivity index (χ1) is 14.8. The van der Waals surface area contributed by atoms with E-state index in [-0.39, 0.29) is 23.3 Å². The lowest BCUT2D eigenvalue weighted by atomic mass is 9.82. The molecule has 0 aliphatic rings. The molecule has 0 aliphatic heterocycles. The average molecular weight is 441 g/mol. The molecule has 0 atom stereocenters. The molecule has 4 heteroatoms. The summed E-state index contributed by atoms with van der Waals surface area (Å²) in [6, 6.07) is 0. The summed E-state index contributed by atoms with van der Waals surface area (Å²) >= 11 is 0. The monoisotopic (exact) mass is 440 g/mol. The van der Waals surface area contributed by atoms with Crippen LogP contribution in [0.2, 0.25) is 0 Å². The third-order valence-corrected chi connectivity index (χ3v) is 6.08. The van der Waals surface area contributed by atoms with Crippen LogP contribution in [0.5, 0.6) is 0 Å². The van der Waals surface area contributed by atoms with E-state index in [1.807, 2.05) is 0 Å². The van der Waals surface area contributed by atoms with Crippen molar-refractivity contribution in [1.29, 1.82) is 0 Å². The fraction of sp³-hybridized carbons (Fsp3) is 0.926. The summed E-state index contributed by atoms with van der Waals surface area (Å²) in [7, 11) is 0. The van der Waals surface area contributed by atoms with Gasteiger partial charge in [0.25, 0.3) is 0 Å². The van der Waals surface area contributed by atoms with Crippen LogP contribution in [0.1, 0.15) is 137 Å². The highest BCUT2D eigenvalue weighted by Gasteiger charge is 2.27. The minimum atomic E-state index is -0.128. The van der Waals surface area contributed by atoms with Crippen molar-refractivity contribution in [3.05, 3.63) is 0 Å². The third kappa shape index (κ3) is 19.4. The van der Waals surface area contributed by atoms with Crippen molar-refractivity contribution in [3.8, 4) is 0 Å². The van der Waals surface area contributed by atoms with Crippen molar-refractivity contribution < 1.29 is 19.1 Å². The van der Waals surface area contributed by atoms with Gasteiger partial charge in [-0.15, -0.1) is 0 Å². The first-order valence-corrected chi connectivity index (χ1v) is 13.1. The van der Waals surface area contributed by atoms with E-state index in [0.717, 1.165) is 25.7 Å². The molecule has 0 heterocycles. The summed E-state index contributed by atoms with van der Waals surface area (Å²) in [5.41, 5.74) is -0.0842. The Morgan fingerprint density at radius 1 is 0.581 bits per heavy atom. The average Bonchev–Trinajstić information content (AvgIpc) is 2.71. The highest BCUT2D eigenvalue weighted by Crippen LogP contribution is 2.27. The number of carbonyl (C=O) groups is 2. The van der Waals surface area contributed by atoms with E-state index < -0.39 is 0 Å². The third-order valence-electron chi connectivity index (χ3n) is 6.08. The number of hydrogen-bond acceptors (Lipinski definition) is 4. The van der Waals surface area contributed by atoms with Gasteiger partial charge in [-0.25, -0.2) is 0 Å². The van der Waals surface area contributed by atoms with Gasteiger partial charge in [0, 0.05) is 18.8 Å². The van der Waals surface area contributed by atoms with E-state index in [2.05, 4.69) is 34.6 Å². The standard InChI is InChI=1S/C27H52O4/c1-6-8-10-12-14-16-18-20-25(28)30-22-24(27(3,4)5)23-31-26(29)21-19-17-15-13-11-9-7-2/h24H,6-23H2,1-5H3. The SMILES string of the molecule is CCCCCCCCCC(=O)OCC(COC(=O)CCCCCCCCC)C(C)(C)C. The van der Waals surface area contributed by atoms with Gasteiger partial charge in [0.1, 0.15) is 0 Å². The van der Waals surface area contributed by atoms with Crippen molar-refractivity contribution in [3.63, 3.8) is 0 Å². The Balaban J connectivity index is 3.98. The molecule has 0 unspecified atom stereocenters. The Kier molecular flexibility index (Phi) is 18.9. The Morgan fingerprint density at radius 2 is 0.903 bits per heavy atom. The van der Waals surface area contributed by atoms with Crippen molar-refractivity contribution in [2.45, 2.75) is 137 Å². The molecule has 0 aliphatic carbocycles. The van der Waals surface area contributed by atoms with Crippen LogP contribution in [-0.4, -0.2) is 25.2 Å².